The molecule has 8 heteroatoms. The Labute approximate surface area is 215 Å². The van der Waals surface area contributed by atoms with Crippen molar-refractivity contribution in [3.05, 3.63) is 99.8 Å². The monoisotopic (exact) mass is 520 g/mol. The number of allylic oxidation sites excluding steroid dienone is 1. The SMILES string of the molecule is Cc1cc(C(F)(F)F)cnc1/C(=C(\c1ccc(/C=C/C(=O)O)cc1)c1ccc2scnc2c1)C1CCC1. The summed E-state index contributed by atoms with van der Waals surface area (Å²) in [4.78, 5) is 19.8. The first-order chi connectivity index (χ1) is 17.7. The van der Waals surface area contributed by atoms with Crippen molar-refractivity contribution in [3.63, 3.8) is 0 Å². The maximum absolute atomic E-state index is 13.4. The highest BCUT2D eigenvalue weighted by molar-refractivity contribution is 7.16. The third-order valence-electron chi connectivity index (χ3n) is 6.68. The van der Waals surface area contributed by atoms with Gasteiger partial charge in [-0.2, -0.15) is 13.2 Å². The number of carboxylic acid groups (broad SMARTS) is 1. The van der Waals surface area contributed by atoms with Crippen molar-refractivity contribution >= 4 is 44.7 Å². The van der Waals surface area contributed by atoms with Crippen LogP contribution in [0.15, 0.2) is 66.3 Å². The minimum atomic E-state index is -4.46. The van der Waals surface area contributed by atoms with Gasteiger partial charge in [0.2, 0.25) is 0 Å². The van der Waals surface area contributed by atoms with Gasteiger partial charge in [-0.05, 0) is 83.4 Å². The van der Waals surface area contributed by atoms with E-state index in [4.69, 9.17) is 5.11 Å². The molecule has 0 amide bonds. The molecular weight excluding hydrogens is 497 g/mol. The normalized spacial score (nSPS) is 15.1. The van der Waals surface area contributed by atoms with Gasteiger partial charge in [0.1, 0.15) is 0 Å². The van der Waals surface area contributed by atoms with Crippen molar-refractivity contribution in [1.82, 2.24) is 9.97 Å². The average molecular weight is 521 g/mol. The molecule has 0 unspecified atom stereocenters. The van der Waals surface area contributed by atoms with Gasteiger partial charge in [0, 0.05) is 12.3 Å². The number of rotatable bonds is 6. The molecule has 2 aromatic heterocycles. The molecule has 4 aromatic rings. The van der Waals surface area contributed by atoms with Crippen molar-refractivity contribution in [1.29, 1.82) is 0 Å². The van der Waals surface area contributed by atoms with Gasteiger partial charge in [-0.15, -0.1) is 11.3 Å². The molecule has 1 fully saturated rings. The van der Waals surface area contributed by atoms with Crippen molar-refractivity contribution in [2.75, 3.05) is 0 Å². The molecule has 0 bridgehead atoms. The van der Waals surface area contributed by atoms with Gasteiger partial charge in [0.05, 0.1) is 27.0 Å². The number of benzene rings is 2. The van der Waals surface area contributed by atoms with Gasteiger partial charge >= 0.3 is 12.1 Å². The zero-order chi connectivity index (χ0) is 26.2. The number of fused-ring (bicyclic) bond motifs is 1. The van der Waals surface area contributed by atoms with Gasteiger partial charge in [-0.25, -0.2) is 9.78 Å². The quantitative estimate of drug-likeness (QED) is 0.263. The molecule has 0 radical (unpaired) electrons. The van der Waals surface area contributed by atoms with E-state index in [2.05, 4.69) is 9.97 Å². The molecule has 5 rings (SSSR count). The summed E-state index contributed by atoms with van der Waals surface area (Å²) >= 11 is 1.54. The molecule has 2 heterocycles. The number of aryl methyl sites for hydroxylation is 1. The maximum atomic E-state index is 13.4. The predicted molar refractivity (Wildman–Crippen MR) is 140 cm³/mol. The molecule has 1 N–H and O–H groups in total. The Morgan fingerprint density at radius 1 is 1.05 bits per heavy atom. The van der Waals surface area contributed by atoms with E-state index in [1.807, 2.05) is 42.5 Å². The summed E-state index contributed by atoms with van der Waals surface area (Å²) in [7, 11) is 0. The van der Waals surface area contributed by atoms with E-state index in [1.165, 1.54) is 12.1 Å². The number of aromatic nitrogens is 2. The number of carboxylic acids is 1. The number of alkyl halides is 3. The van der Waals surface area contributed by atoms with Crippen LogP contribution in [0.5, 0.6) is 0 Å². The lowest BCUT2D eigenvalue weighted by molar-refractivity contribution is -0.138. The van der Waals surface area contributed by atoms with Crippen molar-refractivity contribution in [2.24, 2.45) is 5.92 Å². The Morgan fingerprint density at radius 3 is 2.41 bits per heavy atom. The summed E-state index contributed by atoms with van der Waals surface area (Å²) in [6, 6.07) is 14.7. The predicted octanol–water partition coefficient (Wildman–Crippen LogP) is 7.88. The van der Waals surface area contributed by atoms with E-state index in [1.54, 1.807) is 23.8 Å². The Morgan fingerprint density at radius 2 is 1.78 bits per heavy atom. The van der Waals surface area contributed by atoms with Crippen molar-refractivity contribution < 1.29 is 23.1 Å². The number of hydrogen-bond acceptors (Lipinski definition) is 4. The van der Waals surface area contributed by atoms with Crippen LogP contribution in [0.3, 0.4) is 0 Å². The number of aliphatic carboxylic acids is 1. The first-order valence-electron chi connectivity index (χ1n) is 11.8. The first-order valence-corrected chi connectivity index (χ1v) is 12.7. The summed E-state index contributed by atoms with van der Waals surface area (Å²) in [5, 5.41) is 8.95. The Hall–Kier alpha value is -3.78. The molecule has 1 aliphatic carbocycles. The van der Waals surface area contributed by atoms with Crippen LogP contribution in [0, 0.1) is 12.8 Å². The van der Waals surface area contributed by atoms with E-state index < -0.39 is 17.7 Å². The number of pyridine rings is 1. The molecule has 2 aromatic carbocycles. The molecule has 4 nitrogen and oxygen atoms in total. The molecule has 1 saturated carbocycles. The Balaban J connectivity index is 1.74. The van der Waals surface area contributed by atoms with Gasteiger partial charge in [0.25, 0.3) is 0 Å². The molecule has 0 spiro atoms. The average Bonchev–Trinajstić information content (AvgIpc) is 3.29. The van der Waals surface area contributed by atoms with E-state index in [0.29, 0.717) is 11.3 Å². The van der Waals surface area contributed by atoms with Gasteiger partial charge in [-0.3, -0.25) is 4.98 Å². The minimum Gasteiger partial charge on any atom is -0.478 e. The summed E-state index contributed by atoms with van der Waals surface area (Å²) in [6.07, 6.45) is 1.96. The molecule has 1 aliphatic rings. The highest BCUT2D eigenvalue weighted by Crippen LogP contribution is 2.46. The zero-order valence-electron chi connectivity index (χ0n) is 19.9. The summed E-state index contributed by atoms with van der Waals surface area (Å²) in [5.74, 6) is -0.868. The third kappa shape index (κ3) is 5.20. The van der Waals surface area contributed by atoms with Crippen LogP contribution in [0.1, 0.15) is 52.8 Å². The fraction of sp³-hybridized carbons (Fsp3) is 0.207. The van der Waals surface area contributed by atoms with Crippen molar-refractivity contribution in [3.8, 4) is 0 Å². The molecule has 0 atom stereocenters. The van der Waals surface area contributed by atoms with Crippen molar-refractivity contribution in [2.45, 2.75) is 32.4 Å². The lowest BCUT2D eigenvalue weighted by atomic mass is 9.73. The molecule has 0 saturated heterocycles. The Kier molecular flexibility index (Phi) is 6.69. The molecule has 37 heavy (non-hydrogen) atoms. The van der Waals surface area contributed by atoms with Crippen LogP contribution in [0.2, 0.25) is 0 Å². The van der Waals surface area contributed by atoms with E-state index in [9.17, 15) is 18.0 Å². The second kappa shape index (κ2) is 9.94. The van der Waals surface area contributed by atoms with Crippen LogP contribution in [-0.4, -0.2) is 21.0 Å². The largest absolute Gasteiger partial charge is 0.478 e. The molecule has 188 valence electrons. The number of carbonyl (C=O) groups is 1. The summed E-state index contributed by atoms with van der Waals surface area (Å²) in [5.41, 5.74) is 7.29. The standard InChI is InChI=1S/C29H23F3N2O2S/c1-17-13-22(29(30,31)32)15-33-28(17)27(19-3-2-4-19)26(21-10-11-24-23(14-21)34-16-37-24)20-8-5-18(6-9-20)7-12-25(35)36/h5-16,19H,2-4H2,1H3,(H,35,36)/b12-7+,27-26+. The van der Waals surface area contributed by atoms with Crippen LogP contribution in [0.25, 0.3) is 27.4 Å². The van der Waals surface area contributed by atoms with Crippen LogP contribution < -0.4 is 0 Å². The number of halogens is 3. The second-order valence-corrected chi connectivity index (χ2v) is 10.0. The number of thiazole rings is 1. The highest BCUT2D eigenvalue weighted by atomic mass is 32.1. The van der Waals surface area contributed by atoms with Gasteiger partial charge < -0.3 is 5.11 Å². The topological polar surface area (TPSA) is 63.1 Å². The van der Waals surface area contributed by atoms with Gasteiger partial charge in [0.15, 0.2) is 0 Å². The van der Waals surface area contributed by atoms with E-state index in [-0.39, 0.29) is 5.92 Å². The Bertz CT molecular complexity index is 1530. The molecule has 0 aliphatic heterocycles. The van der Waals surface area contributed by atoms with E-state index >= 15 is 0 Å². The smallest absolute Gasteiger partial charge is 0.417 e. The third-order valence-corrected chi connectivity index (χ3v) is 7.49. The van der Waals surface area contributed by atoms with E-state index in [0.717, 1.165) is 69.6 Å². The first kappa shape index (κ1) is 24.9. The maximum Gasteiger partial charge on any atom is 0.417 e. The summed E-state index contributed by atoms with van der Waals surface area (Å²) < 4.78 is 41.2. The van der Waals surface area contributed by atoms with Crippen LogP contribution in [0.4, 0.5) is 13.2 Å². The lowest BCUT2D eigenvalue weighted by Gasteiger charge is -2.32. The van der Waals surface area contributed by atoms with Crippen LogP contribution in [-0.2, 0) is 11.0 Å². The lowest BCUT2D eigenvalue weighted by Crippen LogP contribution is -2.17. The number of nitrogens with zero attached hydrogens (tertiary/aromatic N) is 2. The fourth-order valence-corrected chi connectivity index (χ4v) is 5.30. The zero-order valence-corrected chi connectivity index (χ0v) is 20.7. The summed E-state index contributed by atoms with van der Waals surface area (Å²) in [6.45, 7) is 1.68. The fourth-order valence-electron chi connectivity index (χ4n) is 4.64. The molecular formula is C29H23F3N2O2S. The van der Waals surface area contributed by atoms with Gasteiger partial charge in [-0.1, -0.05) is 36.8 Å². The van der Waals surface area contributed by atoms with Crippen LogP contribution >= 0.6 is 11.3 Å². The highest BCUT2D eigenvalue weighted by Gasteiger charge is 2.33. The number of hydrogen-bond donors (Lipinski definition) is 1. The minimum absolute atomic E-state index is 0.163. The second-order valence-electron chi connectivity index (χ2n) is 9.13.